The number of hydrogen-bond donors (Lipinski definition) is 0. The fourth-order valence-electron chi connectivity index (χ4n) is 1.72. The van der Waals surface area contributed by atoms with Gasteiger partial charge in [0, 0.05) is 10.6 Å². The van der Waals surface area contributed by atoms with Crippen molar-refractivity contribution in [3.05, 3.63) is 46.0 Å². The molecule has 0 aliphatic rings. The summed E-state index contributed by atoms with van der Waals surface area (Å²) >= 11 is 5.83. The Morgan fingerprint density at radius 1 is 1.50 bits per heavy atom. The molecule has 0 amide bonds. The lowest BCUT2D eigenvalue weighted by molar-refractivity contribution is 0.0518. The van der Waals surface area contributed by atoms with Gasteiger partial charge in [0.15, 0.2) is 5.69 Å². The standard InChI is InChI=1S/C13H13ClFN3O2/c1-3-20-13(19)12-8(2)18(17-16-12)7-9-6-10(14)4-5-11(9)15/h4-6H,3,7H2,1-2H3. The zero-order valence-corrected chi connectivity index (χ0v) is 11.8. The molecule has 0 spiro atoms. The van der Waals surface area contributed by atoms with E-state index in [0.717, 1.165) is 0 Å². The molecule has 5 nitrogen and oxygen atoms in total. The summed E-state index contributed by atoms with van der Waals surface area (Å²) in [4.78, 5) is 11.6. The number of rotatable bonds is 4. The molecule has 20 heavy (non-hydrogen) atoms. The van der Waals surface area contributed by atoms with Gasteiger partial charge in [-0.3, -0.25) is 0 Å². The zero-order valence-electron chi connectivity index (χ0n) is 11.1. The van der Waals surface area contributed by atoms with Crippen LogP contribution in [0.25, 0.3) is 0 Å². The van der Waals surface area contributed by atoms with Gasteiger partial charge in [0.2, 0.25) is 0 Å². The minimum atomic E-state index is -0.539. The highest BCUT2D eigenvalue weighted by Gasteiger charge is 2.18. The third-order valence-electron chi connectivity index (χ3n) is 2.78. The molecule has 0 radical (unpaired) electrons. The molecule has 0 saturated carbocycles. The smallest absolute Gasteiger partial charge is 0.360 e. The number of aromatic nitrogens is 3. The lowest BCUT2D eigenvalue weighted by atomic mass is 10.2. The maximum Gasteiger partial charge on any atom is 0.360 e. The van der Waals surface area contributed by atoms with Crippen molar-refractivity contribution in [2.45, 2.75) is 20.4 Å². The number of ether oxygens (including phenoxy) is 1. The van der Waals surface area contributed by atoms with E-state index in [1.54, 1.807) is 13.8 Å². The summed E-state index contributed by atoms with van der Waals surface area (Å²) in [6.45, 7) is 3.78. The second-order valence-electron chi connectivity index (χ2n) is 4.14. The lowest BCUT2D eigenvalue weighted by Crippen LogP contribution is -2.09. The predicted molar refractivity (Wildman–Crippen MR) is 71.2 cm³/mol. The van der Waals surface area contributed by atoms with Gasteiger partial charge in [-0.05, 0) is 32.0 Å². The van der Waals surface area contributed by atoms with Crippen LogP contribution in [0, 0.1) is 12.7 Å². The van der Waals surface area contributed by atoms with E-state index in [-0.39, 0.29) is 24.7 Å². The quantitative estimate of drug-likeness (QED) is 0.814. The maximum atomic E-state index is 13.7. The maximum absolute atomic E-state index is 13.7. The molecular formula is C13H13ClFN3O2. The minimum absolute atomic E-state index is 0.134. The van der Waals surface area contributed by atoms with Crippen LogP contribution >= 0.6 is 11.6 Å². The molecule has 0 atom stereocenters. The first kappa shape index (κ1) is 14.5. The number of nitrogens with zero attached hydrogens (tertiary/aromatic N) is 3. The summed E-state index contributed by atoms with van der Waals surface area (Å²) in [6.07, 6.45) is 0. The van der Waals surface area contributed by atoms with E-state index in [9.17, 15) is 9.18 Å². The van der Waals surface area contributed by atoms with Crippen molar-refractivity contribution in [2.24, 2.45) is 0 Å². The van der Waals surface area contributed by atoms with Crippen LogP contribution in [0.1, 0.15) is 28.7 Å². The molecule has 7 heteroatoms. The molecule has 0 bridgehead atoms. The highest BCUT2D eigenvalue weighted by Crippen LogP contribution is 2.17. The van der Waals surface area contributed by atoms with Crippen molar-refractivity contribution in [1.82, 2.24) is 15.0 Å². The van der Waals surface area contributed by atoms with Crippen molar-refractivity contribution in [3.8, 4) is 0 Å². The second kappa shape index (κ2) is 6.00. The van der Waals surface area contributed by atoms with E-state index in [4.69, 9.17) is 16.3 Å². The Morgan fingerprint density at radius 2 is 2.25 bits per heavy atom. The van der Waals surface area contributed by atoms with Gasteiger partial charge in [0.05, 0.1) is 18.8 Å². The van der Waals surface area contributed by atoms with Crippen LogP contribution in [-0.4, -0.2) is 27.6 Å². The van der Waals surface area contributed by atoms with Gasteiger partial charge in [0.1, 0.15) is 5.82 Å². The van der Waals surface area contributed by atoms with Gasteiger partial charge in [-0.2, -0.15) is 0 Å². The van der Waals surface area contributed by atoms with Crippen LogP contribution in [-0.2, 0) is 11.3 Å². The molecular weight excluding hydrogens is 285 g/mol. The van der Waals surface area contributed by atoms with Crippen molar-refractivity contribution >= 4 is 17.6 Å². The average molecular weight is 298 g/mol. The third kappa shape index (κ3) is 2.96. The Hall–Kier alpha value is -1.95. The number of carbonyl (C=O) groups is 1. The average Bonchev–Trinajstić information content (AvgIpc) is 2.76. The Morgan fingerprint density at radius 3 is 2.95 bits per heavy atom. The fourth-order valence-corrected chi connectivity index (χ4v) is 1.92. The highest BCUT2D eigenvalue weighted by atomic mass is 35.5. The van der Waals surface area contributed by atoms with Crippen LogP contribution in [0.15, 0.2) is 18.2 Å². The topological polar surface area (TPSA) is 57.0 Å². The summed E-state index contributed by atoms with van der Waals surface area (Å²) in [7, 11) is 0. The molecule has 0 unspecified atom stereocenters. The largest absolute Gasteiger partial charge is 0.461 e. The molecule has 0 N–H and O–H groups in total. The van der Waals surface area contributed by atoms with Crippen molar-refractivity contribution in [1.29, 1.82) is 0 Å². The zero-order chi connectivity index (χ0) is 14.7. The summed E-state index contributed by atoms with van der Waals surface area (Å²) < 4.78 is 20.0. The van der Waals surface area contributed by atoms with Gasteiger partial charge in [0.25, 0.3) is 0 Å². The SMILES string of the molecule is CCOC(=O)c1nnn(Cc2cc(Cl)ccc2F)c1C. The van der Waals surface area contributed by atoms with Crippen LogP contribution in [0.2, 0.25) is 5.02 Å². The molecule has 2 aromatic rings. The molecule has 0 saturated heterocycles. The first-order valence-electron chi connectivity index (χ1n) is 6.04. The molecule has 0 fully saturated rings. The number of benzene rings is 1. The van der Waals surface area contributed by atoms with E-state index in [1.165, 1.54) is 22.9 Å². The fraction of sp³-hybridized carbons (Fsp3) is 0.308. The Labute approximate surface area is 120 Å². The Kier molecular flexibility index (Phi) is 4.34. The molecule has 1 aromatic heterocycles. The molecule has 0 aliphatic carbocycles. The van der Waals surface area contributed by atoms with Gasteiger partial charge in [-0.1, -0.05) is 16.8 Å². The highest BCUT2D eigenvalue weighted by molar-refractivity contribution is 6.30. The molecule has 1 heterocycles. The van der Waals surface area contributed by atoms with E-state index in [0.29, 0.717) is 16.3 Å². The first-order valence-corrected chi connectivity index (χ1v) is 6.41. The minimum Gasteiger partial charge on any atom is -0.461 e. The van der Waals surface area contributed by atoms with Crippen LogP contribution in [0.5, 0.6) is 0 Å². The van der Waals surface area contributed by atoms with Crippen molar-refractivity contribution in [3.63, 3.8) is 0 Å². The summed E-state index contributed by atoms with van der Waals surface area (Å²) in [6, 6.07) is 4.27. The Balaban J connectivity index is 2.26. The lowest BCUT2D eigenvalue weighted by Gasteiger charge is -2.06. The van der Waals surface area contributed by atoms with Gasteiger partial charge >= 0.3 is 5.97 Å². The van der Waals surface area contributed by atoms with Gasteiger partial charge in [-0.25, -0.2) is 13.9 Å². The molecule has 1 aromatic carbocycles. The molecule has 0 aliphatic heterocycles. The molecule has 2 rings (SSSR count). The number of hydrogen-bond acceptors (Lipinski definition) is 4. The van der Waals surface area contributed by atoms with E-state index in [1.807, 2.05) is 0 Å². The number of esters is 1. The van der Waals surface area contributed by atoms with Crippen molar-refractivity contribution in [2.75, 3.05) is 6.61 Å². The summed E-state index contributed by atoms with van der Waals surface area (Å²) in [5.41, 5.74) is 1.03. The van der Waals surface area contributed by atoms with Crippen LogP contribution in [0.4, 0.5) is 4.39 Å². The van der Waals surface area contributed by atoms with Crippen LogP contribution in [0.3, 0.4) is 0 Å². The van der Waals surface area contributed by atoms with Crippen LogP contribution < -0.4 is 0 Å². The van der Waals surface area contributed by atoms with Crippen molar-refractivity contribution < 1.29 is 13.9 Å². The van der Waals surface area contributed by atoms with Gasteiger partial charge in [-0.15, -0.1) is 5.10 Å². The summed E-state index contributed by atoms with van der Waals surface area (Å²) in [5.74, 6) is -0.926. The van der Waals surface area contributed by atoms with Gasteiger partial charge < -0.3 is 4.74 Å². The first-order chi connectivity index (χ1) is 9.52. The molecule has 106 valence electrons. The summed E-state index contributed by atoms with van der Waals surface area (Å²) in [5, 5.41) is 8.04. The predicted octanol–water partition coefficient (Wildman–Crippen LogP) is 2.60. The number of carbonyl (C=O) groups excluding carboxylic acids is 1. The normalized spacial score (nSPS) is 10.6. The van der Waals surface area contributed by atoms with E-state index < -0.39 is 5.97 Å². The second-order valence-corrected chi connectivity index (χ2v) is 4.57. The van der Waals surface area contributed by atoms with E-state index >= 15 is 0 Å². The third-order valence-corrected chi connectivity index (χ3v) is 3.01. The van der Waals surface area contributed by atoms with E-state index in [2.05, 4.69) is 10.3 Å². The Bertz CT molecular complexity index is 643. The number of halogens is 2. The monoisotopic (exact) mass is 297 g/mol.